The molecule has 6 heteroatoms. The summed E-state index contributed by atoms with van der Waals surface area (Å²) in [4.78, 5) is 6.88. The molecular weight excluding hydrogens is 440 g/mol. The molecule has 1 aliphatic rings. The maximum Gasteiger partial charge on any atom is 0.174 e. The second-order valence-electron chi connectivity index (χ2n) is 8.70. The fourth-order valence-electron chi connectivity index (χ4n) is 4.96. The molecule has 0 unspecified atom stereocenters. The molecule has 0 saturated carbocycles. The molecule has 2 atom stereocenters. The van der Waals surface area contributed by atoms with Crippen LogP contribution in [0.4, 0.5) is 5.69 Å². The predicted octanol–water partition coefficient (Wildman–Crippen LogP) is 5.98. The lowest BCUT2D eigenvalue weighted by molar-refractivity contribution is 0.415. The number of aryl methyl sites for hydroxylation is 2. The molecule has 4 aromatic rings. The summed E-state index contributed by atoms with van der Waals surface area (Å²) in [7, 11) is 1.68. The van der Waals surface area contributed by atoms with Crippen molar-refractivity contribution in [2.45, 2.75) is 32.9 Å². The van der Waals surface area contributed by atoms with Crippen LogP contribution in [0.5, 0.6) is 5.75 Å². The summed E-state index contributed by atoms with van der Waals surface area (Å²) < 4.78 is 7.83. The highest BCUT2D eigenvalue weighted by atomic mass is 32.1. The van der Waals surface area contributed by atoms with Gasteiger partial charge >= 0.3 is 0 Å². The minimum atomic E-state index is -0.0913. The molecule has 5 rings (SSSR count). The molecule has 2 aromatic carbocycles. The Hall–Kier alpha value is -3.64. The highest BCUT2D eigenvalue weighted by Gasteiger charge is 2.42. The number of nitrogens with zero attached hydrogens (tertiary/aromatic N) is 3. The van der Waals surface area contributed by atoms with Gasteiger partial charge in [0.1, 0.15) is 5.75 Å². The van der Waals surface area contributed by atoms with Gasteiger partial charge in [0.25, 0.3) is 0 Å². The molecule has 1 saturated heterocycles. The first-order valence-corrected chi connectivity index (χ1v) is 11.8. The summed E-state index contributed by atoms with van der Waals surface area (Å²) in [5.41, 5.74) is 7.93. The number of thiocarbonyl (C=S) groups is 1. The minimum Gasteiger partial charge on any atom is -0.497 e. The number of nitrogens with one attached hydrogen (secondary N) is 1. The van der Waals surface area contributed by atoms with Gasteiger partial charge in [-0.1, -0.05) is 24.3 Å². The molecule has 0 amide bonds. The van der Waals surface area contributed by atoms with E-state index < -0.39 is 0 Å². The number of pyridine rings is 1. The monoisotopic (exact) mass is 468 g/mol. The Bertz CT molecular complexity index is 1350. The zero-order valence-corrected chi connectivity index (χ0v) is 20.6. The van der Waals surface area contributed by atoms with E-state index in [0.29, 0.717) is 5.11 Å². The van der Waals surface area contributed by atoms with Gasteiger partial charge in [0.2, 0.25) is 0 Å². The van der Waals surface area contributed by atoms with E-state index in [1.807, 2.05) is 36.5 Å². The number of anilines is 1. The summed E-state index contributed by atoms with van der Waals surface area (Å²) in [6, 6.07) is 24.8. The summed E-state index contributed by atoms with van der Waals surface area (Å²) in [6.07, 6.45) is 1.83. The lowest BCUT2D eigenvalue weighted by Gasteiger charge is -2.28. The van der Waals surface area contributed by atoms with Crippen molar-refractivity contribution in [3.63, 3.8) is 0 Å². The van der Waals surface area contributed by atoms with Crippen LogP contribution in [0.3, 0.4) is 0 Å². The molecule has 0 radical (unpaired) electrons. The summed E-state index contributed by atoms with van der Waals surface area (Å²) >= 11 is 5.89. The first-order chi connectivity index (χ1) is 16.5. The van der Waals surface area contributed by atoms with Gasteiger partial charge in [-0.3, -0.25) is 4.98 Å². The third-order valence-corrected chi connectivity index (χ3v) is 6.79. The van der Waals surface area contributed by atoms with E-state index in [1.54, 1.807) is 7.11 Å². The van der Waals surface area contributed by atoms with Crippen molar-refractivity contribution in [2.75, 3.05) is 12.0 Å². The van der Waals surface area contributed by atoms with Crippen LogP contribution in [0.25, 0.3) is 5.69 Å². The number of hydrogen-bond acceptors (Lipinski definition) is 3. The molecule has 1 aliphatic heterocycles. The second-order valence-corrected chi connectivity index (χ2v) is 9.09. The van der Waals surface area contributed by atoms with Gasteiger partial charge in [0.15, 0.2) is 5.11 Å². The second kappa shape index (κ2) is 8.95. The van der Waals surface area contributed by atoms with Crippen molar-refractivity contribution in [3.8, 4) is 11.4 Å². The van der Waals surface area contributed by atoms with E-state index in [-0.39, 0.29) is 12.1 Å². The van der Waals surface area contributed by atoms with Crippen molar-refractivity contribution in [1.29, 1.82) is 0 Å². The molecule has 172 valence electrons. The average molecular weight is 469 g/mol. The average Bonchev–Trinajstić information content (AvgIpc) is 3.34. The lowest BCUT2D eigenvalue weighted by atomic mass is 9.96. The molecule has 2 aromatic heterocycles. The normalized spacial score (nSPS) is 17.6. The molecule has 1 N–H and O–H groups in total. The fraction of sp³-hybridized carbons (Fsp3) is 0.214. The summed E-state index contributed by atoms with van der Waals surface area (Å²) in [5, 5.41) is 4.23. The first kappa shape index (κ1) is 22.2. The molecule has 0 aliphatic carbocycles. The van der Waals surface area contributed by atoms with Gasteiger partial charge < -0.3 is 19.5 Å². The molecule has 3 heterocycles. The van der Waals surface area contributed by atoms with E-state index in [0.717, 1.165) is 22.8 Å². The third-order valence-electron chi connectivity index (χ3n) is 6.48. The SMILES string of the molecule is COc1cccc(N2C(=S)N[C@H](c3ccccn3)[C@@H]2c2cc(C)n(-c3cccc(C)c3)c2C)c1. The van der Waals surface area contributed by atoms with Gasteiger partial charge in [-0.25, -0.2) is 0 Å². The van der Waals surface area contributed by atoms with Crippen LogP contribution >= 0.6 is 12.2 Å². The molecule has 1 fully saturated rings. The molecule has 5 nitrogen and oxygen atoms in total. The van der Waals surface area contributed by atoms with Crippen molar-refractivity contribution in [3.05, 3.63) is 107 Å². The van der Waals surface area contributed by atoms with Gasteiger partial charge in [0.05, 0.1) is 24.9 Å². The molecule has 0 spiro atoms. The fourth-order valence-corrected chi connectivity index (χ4v) is 5.31. The Morgan fingerprint density at radius 2 is 1.71 bits per heavy atom. The van der Waals surface area contributed by atoms with E-state index in [2.05, 4.69) is 83.0 Å². The van der Waals surface area contributed by atoms with Gasteiger partial charge in [-0.2, -0.15) is 0 Å². The standard InChI is InChI=1S/C28H28N4OS/c1-18-9-7-10-21(15-18)31-19(2)16-24(20(31)3)27-26(25-13-5-6-14-29-25)30-28(34)32(27)22-11-8-12-23(17-22)33-4/h5-17,26-27H,1-4H3,(H,30,34)/t26-,27+/m1/s1. The highest BCUT2D eigenvalue weighted by molar-refractivity contribution is 7.80. The van der Waals surface area contributed by atoms with Gasteiger partial charge in [0, 0.05) is 35.0 Å². The number of ether oxygens (including phenoxy) is 1. The Labute approximate surface area is 206 Å². The van der Waals surface area contributed by atoms with Crippen LogP contribution in [0.2, 0.25) is 0 Å². The first-order valence-electron chi connectivity index (χ1n) is 11.4. The van der Waals surface area contributed by atoms with Crippen molar-refractivity contribution in [1.82, 2.24) is 14.9 Å². The number of aromatic nitrogens is 2. The van der Waals surface area contributed by atoms with Crippen LogP contribution in [0.1, 0.15) is 40.3 Å². The number of methoxy groups -OCH3 is 1. The molecule has 34 heavy (non-hydrogen) atoms. The Kier molecular flexibility index (Phi) is 5.84. The van der Waals surface area contributed by atoms with Crippen molar-refractivity contribution >= 4 is 23.0 Å². The maximum absolute atomic E-state index is 5.89. The summed E-state index contributed by atoms with van der Waals surface area (Å²) in [6.45, 7) is 6.47. The van der Waals surface area contributed by atoms with Gasteiger partial charge in [-0.05, 0) is 86.6 Å². The minimum absolute atomic E-state index is 0.0701. The zero-order valence-electron chi connectivity index (χ0n) is 19.8. The van der Waals surface area contributed by atoms with Crippen molar-refractivity contribution in [2.24, 2.45) is 0 Å². The van der Waals surface area contributed by atoms with E-state index in [9.17, 15) is 0 Å². The van der Waals surface area contributed by atoms with Crippen LogP contribution in [-0.2, 0) is 0 Å². The maximum atomic E-state index is 5.89. The summed E-state index contributed by atoms with van der Waals surface area (Å²) in [5.74, 6) is 0.797. The van der Waals surface area contributed by atoms with E-state index in [4.69, 9.17) is 17.0 Å². The number of rotatable bonds is 5. The molecular formula is C28H28N4OS. The predicted molar refractivity (Wildman–Crippen MR) is 141 cm³/mol. The Balaban J connectivity index is 1.69. The lowest BCUT2D eigenvalue weighted by Crippen LogP contribution is -2.29. The largest absolute Gasteiger partial charge is 0.497 e. The highest BCUT2D eigenvalue weighted by Crippen LogP contribution is 2.44. The Morgan fingerprint density at radius 1 is 0.912 bits per heavy atom. The van der Waals surface area contributed by atoms with Crippen molar-refractivity contribution < 1.29 is 4.74 Å². The topological polar surface area (TPSA) is 42.3 Å². The Morgan fingerprint density at radius 3 is 2.44 bits per heavy atom. The zero-order chi connectivity index (χ0) is 23.8. The quantitative estimate of drug-likeness (QED) is 0.365. The number of hydrogen-bond donors (Lipinski definition) is 1. The van der Waals surface area contributed by atoms with Crippen LogP contribution in [-0.4, -0.2) is 21.8 Å². The van der Waals surface area contributed by atoms with Gasteiger partial charge in [-0.15, -0.1) is 0 Å². The molecule has 0 bridgehead atoms. The van der Waals surface area contributed by atoms with E-state index in [1.165, 1.54) is 22.5 Å². The third kappa shape index (κ3) is 3.84. The van der Waals surface area contributed by atoms with E-state index >= 15 is 0 Å². The van der Waals surface area contributed by atoms with Crippen LogP contribution in [0, 0.1) is 20.8 Å². The van der Waals surface area contributed by atoms with Crippen LogP contribution < -0.4 is 15.0 Å². The number of benzene rings is 2. The smallest absolute Gasteiger partial charge is 0.174 e. The van der Waals surface area contributed by atoms with Crippen LogP contribution in [0.15, 0.2) is 79.0 Å².